The van der Waals surface area contributed by atoms with Crippen LogP contribution in [0.1, 0.15) is 26.0 Å². The smallest absolute Gasteiger partial charge is 0.350 e. The molecule has 38 heavy (non-hydrogen) atoms. The SMILES string of the molecule is C[C@@H]1CN(c2cccc(-c3ccc4cnc(CC(=O)N[C@H]5C[C@@H]5NS(=O)(=O)C(F)F)cc4n3)n2)C[C@H](C)O1. The lowest BCUT2D eigenvalue weighted by Gasteiger charge is -2.36. The largest absolute Gasteiger partial charge is 0.372 e. The maximum absolute atomic E-state index is 12.5. The quantitative estimate of drug-likeness (QED) is 0.441. The molecule has 0 aromatic carbocycles. The number of nitrogens with zero attached hydrogens (tertiary/aromatic N) is 4. The number of hydrogen-bond acceptors (Lipinski definition) is 8. The van der Waals surface area contributed by atoms with Crippen molar-refractivity contribution < 1.29 is 26.7 Å². The monoisotopic (exact) mass is 546 g/mol. The number of hydrogen-bond donors (Lipinski definition) is 2. The molecule has 2 fully saturated rings. The molecule has 2 aliphatic rings. The third-order valence-corrected chi connectivity index (χ3v) is 7.50. The van der Waals surface area contributed by atoms with Gasteiger partial charge in [0.1, 0.15) is 5.82 Å². The molecule has 3 aromatic rings. The Morgan fingerprint density at radius 1 is 1.11 bits per heavy atom. The summed E-state index contributed by atoms with van der Waals surface area (Å²) in [5, 5.41) is 3.45. The van der Waals surface area contributed by atoms with E-state index in [2.05, 4.69) is 15.2 Å². The predicted molar refractivity (Wildman–Crippen MR) is 137 cm³/mol. The van der Waals surface area contributed by atoms with Crippen molar-refractivity contribution in [2.45, 2.75) is 56.7 Å². The van der Waals surface area contributed by atoms with Gasteiger partial charge in [-0.2, -0.15) is 8.78 Å². The average Bonchev–Trinajstić information content (AvgIpc) is 3.58. The summed E-state index contributed by atoms with van der Waals surface area (Å²) in [5.74, 6) is -3.05. The molecule has 3 aromatic heterocycles. The summed E-state index contributed by atoms with van der Waals surface area (Å²) in [5.41, 5.74) is 2.53. The maximum atomic E-state index is 12.5. The number of carbonyl (C=O) groups excluding carboxylic acids is 1. The summed E-state index contributed by atoms with van der Waals surface area (Å²) in [6.07, 6.45) is 2.04. The second-order valence-electron chi connectivity index (χ2n) is 9.72. The number of anilines is 1. The zero-order valence-corrected chi connectivity index (χ0v) is 21.7. The van der Waals surface area contributed by atoms with Gasteiger partial charge in [0.25, 0.3) is 10.0 Å². The van der Waals surface area contributed by atoms with E-state index in [1.165, 1.54) is 0 Å². The number of aromatic nitrogens is 3. The summed E-state index contributed by atoms with van der Waals surface area (Å²) in [4.78, 5) is 28.5. The molecule has 202 valence electrons. The molecule has 1 aliphatic carbocycles. The maximum Gasteiger partial charge on any atom is 0.350 e. The number of carbonyl (C=O) groups is 1. The Bertz CT molecular complexity index is 1450. The van der Waals surface area contributed by atoms with Gasteiger partial charge in [-0.1, -0.05) is 6.07 Å². The van der Waals surface area contributed by atoms with E-state index in [1.807, 2.05) is 48.9 Å². The molecule has 4 heterocycles. The third kappa shape index (κ3) is 6.05. The number of halogens is 2. The van der Waals surface area contributed by atoms with Gasteiger partial charge in [-0.25, -0.2) is 23.1 Å². The van der Waals surface area contributed by atoms with Crippen LogP contribution in [0.3, 0.4) is 0 Å². The number of rotatable bonds is 8. The van der Waals surface area contributed by atoms with Crippen LogP contribution in [0.2, 0.25) is 0 Å². The van der Waals surface area contributed by atoms with Crippen LogP contribution in [-0.2, 0) is 26.0 Å². The van der Waals surface area contributed by atoms with Crippen molar-refractivity contribution in [2.75, 3.05) is 18.0 Å². The minimum atomic E-state index is -4.70. The van der Waals surface area contributed by atoms with Crippen molar-refractivity contribution in [1.82, 2.24) is 25.0 Å². The van der Waals surface area contributed by atoms with E-state index in [4.69, 9.17) is 14.7 Å². The highest BCUT2D eigenvalue weighted by Crippen LogP contribution is 2.25. The van der Waals surface area contributed by atoms with Crippen molar-refractivity contribution in [3.8, 4) is 11.4 Å². The van der Waals surface area contributed by atoms with Crippen molar-refractivity contribution in [1.29, 1.82) is 0 Å². The van der Waals surface area contributed by atoms with Gasteiger partial charge in [-0.05, 0) is 50.6 Å². The molecule has 0 bridgehead atoms. The van der Waals surface area contributed by atoms with Crippen LogP contribution in [0.4, 0.5) is 14.6 Å². The summed E-state index contributed by atoms with van der Waals surface area (Å²) in [6, 6.07) is 10.0. The lowest BCUT2D eigenvalue weighted by Crippen LogP contribution is -2.45. The Morgan fingerprint density at radius 3 is 2.58 bits per heavy atom. The second kappa shape index (κ2) is 10.5. The molecule has 1 saturated carbocycles. The first-order valence-corrected chi connectivity index (χ1v) is 13.8. The molecule has 0 spiro atoms. The molecular weight excluding hydrogens is 518 g/mol. The topological polar surface area (TPSA) is 126 Å². The Hall–Kier alpha value is -3.29. The highest BCUT2D eigenvalue weighted by atomic mass is 32.2. The normalized spacial score (nSPS) is 23.6. The average molecular weight is 547 g/mol. The Kier molecular flexibility index (Phi) is 7.25. The lowest BCUT2D eigenvalue weighted by atomic mass is 10.1. The summed E-state index contributed by atoms with van der Waals surface area (Å²) < 4.78 is 55.3. The summed E-state index contributed by atoms with van der Waals surface area (Å²) in [6.45, 7) is 5.59. The van der Waals surface area contributed by atoms with E-state index in [-0.39, 0.29) is 31.0 Å². The fourth-order valence-corrected chi connectivity index (χ4v) is 5.36. The number of morpholine rings is 1. The molecule has 0 unspecified atom stereocenters. The van der Waals surface area contributed by atoms with E-state index >= 15 is 0 Å². The molecule has 1 aliphatic heterocycles. The van der Waals surface area contributed by atoms with Gasteiger partial charge in [0, 0.05) is 36.8 Å². The number of pyridine rings is 3. The van der Waals surface area contributed by atoms with Crippen LogP contribution in [0, 0.1) is 0 Å². The summed E-state index contributed by atoms with van der Waals surface area (Å²) >= 11 is 0. The zero-order valence-electron chi connectivity index (χ0n) is 20.8. The Morgan fingerprint density at radius 2 is 1.84 bits per heavy atom. The Balaban J connectivity index is 1.27. The molecule has 1 amide bonds. The van der Waals surface area contributed by atoms with Crippen LogP contribution in [0.5, 0.6) is 0 Å². The fraction of sp³-hybridized carbons (Fsp3) is 0.440. The number of nitrogens with one attached hydrogen (secondary N) is 2. The second-order valence-corrected chi connectivity index (χ2v) is 11.4. The van der Waals surface area contributed by atoms with E-state index in [9.17, 15) is 22.0 Å². The molecule has 4 atom stereocenters. The van der Waals surface area contributed by atoms with Gasteiger partial charge < -0.3 is 15.0 Å². The third-order valence-electron chi connectivity index (χ3n) is 6.40. The fourth-order valence-electron chi connectivity index (χ4n) is 4.57. The van der Waals surface area contributed by atoms with Gasteiger partial charge in [0.15, 0.2) is 0 Å². The molecule has 0 radical (unpaired) electrons. The number of sulfonamides is 1. The molecule has 10 nitrogen and oxygen atoms in total. The van der Waals surface area contributed by atoms with Gasteiger partial charge in [0.2, 0.25) is 5.91 Å². The van der Waals surface area contributed by atoms with Crippen LogP contribution >= 0.6 is 0 Å². The molecule has 5 rings (SSSR count). The predicted octanol–water partition coefficient (Wildman–Crippen LogP) is 2.25. The first-order chi connectivity index (χ1) is 18.1. The van der Waals surface area contributed by atoms with Gasteiger partial charge in [-0.15, -0.1) is 0 Å². The number of ether oxygens (including phenoxy) is 1. The van der Waals surface area contributed by atoms with Crippen molar-refractivity contribution in [3.63, 3.8) is 0 Å². The molecule has 13 heteroatoms. The van der Waals surface area contributed by atoms with Crippen LogP contribution in [0.25, 0.3) is 22.3 Å². The minimum Gasteiger partial charge on any atom is -0.372 e. The number of alkyl halides is 2. The van der Waals surface area contributed by atoms with Crippen LogP contribution in [0.15, 0.2) is 42.6 Å². The highest BCUT2D eigenvalue weighted by molar-refractivity contribution is 7.89. The lowest BCUT2D eigenvalue weighted by molar-refractivity contribution is -0.120. The van der Waals surface area contributed by atoms with Gasteiger partial charge >= 0.3 is 5.76 Å². The van der Waals surface area contributed by atoms with E-state index in [1.54, 1.807) is 12.3 Å². The minimum absolute atomic E-state index is 0.0617. The van der Waals surface area contributed by atoms with Crippen LogP contribution < -0.4 is 14.9 Å². The molecule has 2 N–H and O–H groups in total. The van der Waals surface area contributed by atoms with Crippen molar-refractivity contribution >= 4 is 32.7 Å². The van der Waals surface area contributed by atoms with Gasteiger partial charge in [0.05, 0.1) is 41.2 Å². The summed E-state index contributed by atoms with van der Waals surface area (Å²) in [7, 11) is -4.70. The van der Waals surface area contributed by atoms with Gasteiger partial charge in [-0.3, -0.25) is 9.78 Å². The van der Waals surface area contributed by atoms with Crippen molar-refractivity contribution in [3.05, 3.63) is 48.3 Å². The highest BCUT2D eigenvalue weighted by Gasteiger charge is 2.43. The number of fused-ring (bicyclic) bond motifs is 1. The van der Waals surface area contributed by atoms with E-state index < -0.39 is 27.9 Å². The van der Waals surface area contributed by atoms with E-state index in [0.29, 0.717) is 16.9 Å². The van der Waals surface area contributed by atoms with Crippen LogP contribution in [-0.4, -0.2) is 72.4 Å². The zero-order chi connectivity index (χ0) is 27.0. The van der Waals surface area contributed by atoms with Crippen molar-refractivity contribution in [2.24, 2.45) is 0 Å². The first-order valence-electron chi connectivity index (χ1n) is 12.3. The molecule has 1 saturated heterocycles. The molecular formula is C25H28F2N6O4S. The number of amides is 1. The van der Waals surface area contributed by atoms with E-state index in [0.717, 1.165) is 30.0 Å². The standard InChI is InChI=1S/C25H28F2N6O4S/c1-14-12-33(13-15(2)37-14)23-5-3-4-18(30-23)19-7-6-16-11-28-17(8-20(16)29-19)9-24(34)31-21-10-22(21)32-38(35,36)25(26)27/h3-8,11,14-15,21-22,25,32H,9-10,12-13H2,1-2H3,(H,31,34)/t14-,15+,21-,22-/m0/s1. The first kappa shape index (κ1) is 26.3. The Labute approximate surface area is 218 Å².